The summed E-state index contributed by atoms with van der Waals surface area (Å²) in [6.07, 6.45) is 4.23. The van der Waals surface area contributed by atoms with E-state index in [-0.39, 0.29) is 0 Å². The van der Waals surface area contributed by atoms with Gasteiger partial charge in [0.2, 0.25) is 0 Å². The summed E-state index contributed by atoms with van der Waals surface area (Å²) in [5.74, 6) is 0. The van der Waals surface area contributed by atoms with E-state index in [0.29, 0.717) is 0 Å². The summed E-state index contributed by atoms with van der Waals surface area (Å²) >= 11 is 0. The summed E-state index contributed by atoms with van der Waals surface area (Å²) < 4.78 is 0. The number of aliphatic imine (C=N–C) groups is 1. The first-order chi connectivity index (χ1) is 4.27. The molecular weight excluding hydrogens is 110 g/mol. The fourth-order valence-corrected chi connectivity index (χ4v) is 0.470. The van der Waals surface area contributed by atoms with Gasteiger partial charge in [-0.3, -0.25) is 4.99 Å². The van der Waals surface area contributed by atoms with E-state index in [1.54, 1.807) is 0 Å². The normalized spacial score (nSPS) is 10.4. The molecule has 0 atom stereocenters. The molecule has 0 aromatic carbocycles. The summed E-state index contributed by atoms with van der Waals surface area (Å²) in [5.41, 5.74) is 1.03. The zero-order valence-electron chi connectivity index (χ0n) is 6.35. The third-order valence-electron chi connectivity index (χ3n) is 0.952. The molecular formula is C8H15N. The Bertz CT molecular complexity index is 103. The molecule has 9 heavy (non-hydrogen) atoms. The molecule has 1 heteroatoms. The first-order valence-corrected chi connectivity index (χ1v) is 3.42. The molecule has 0 spiro atoms. The molecule has 0 aromatic rings. The molecule has 52 valence electrons. The van der Waals surface area contributed by atoms with Crippen molar-refractivity contribution in [2.75, 3.05) is 6.54 Å². The van der Waals surface area contributed by atoms with Crippen molar-refractivity contribution in [3.63, 3.8) is 0 Å². The van der Waals surface area contributed by atoms with Gasteiger partial charge < -0.3 is 0 Å². The summed E-state index contributed by atoms with van der Waals surface area (Å²) in [6.45, 7) is 8.77. The van der Waals surface area contributed by atoms with E-state index in [0.717, 1.165) is 12.1 Å². The first-order valence-electron chi connectivity index (χ1n) is 3.42. The van der Waals surface area contributed by atoms with Gasteiger partial charge in [0.1, 0.15) is 0 Å². The summed E-state index contributed by atoms with van der Waals surface area (Å²) in [4.78, 5) is 4.14. The fourth-order valence-electron chi connectivity index (χ4n) is 0.470. The average molecular weight is 125 g/mol. The number of hydrogen-bond acceptors (Lipinski definition) is 1. The van der Waals surface area contributed by atoms with Crippen molar-refractivity contribution in [1.82, 2.24) is 0 Å². The highest BCUT2D eigenvalue weighted by molar-refractivity contribution is 5.76. The number of hydrogen-bond donors (Lipinski definition) is 0. The molecule has 0 aliphatic heterocycles. The van der Waals surface area contributed by atoms with Gasteiger partial charge in [0.05, 0.1) is 0 Å². The Labute approximate surface area is 57.5 Å². The minimum Gasteiger partial charge on any atom is -0.293 e. The van der Waals surface area contributed by atoms with Crippen LogP contribution in [0, 0.1) is 0 Å². The number of allylic oxidation sites excluding steroid dienone is 1. The second-order valence-electron chi connectivity index (χ2n) is 2.24. The van der Waals surface area contributed by atoms with Gasteiger partial charge in [0, 0.05) is 12.8 Å². The summed E-state index contributed by atoms with van der Waals surface area (Å²) in [7, 11) is 0. The predicted molar refractivity (Wildman–Crippen MR) is 43.1 cm³/mol. The minimum absolute atomic E-state index is 0.948. The highest BCUT2D eigenvalue weighted by atomic mass is 14.7. The third-order valence-corrected chi connectivity index (χ3v) is 0.952. The Morgan fingerprint density at radius 2 is 2.33 bits per heavy atom. The lowest BCUT2D eigenvalue weighted by Crippen LogP contribution is -1.80. The molecule has 0 amide bonds. The predicted octanol–water partition coefficient (Wildman–Crippen LogP) is 2.43. The molecule has 0 bridgehead atoms. The van der Waals surface area contributed by atoms with Crippen LogP contribution in [0.3, 0.4) is 0 Å². The standard InChI is InChI=1S/C8H15N/c1-4-5-6-9-7-8(2)3/h7H,2,4-6H2,1,3H3. The third kappa shape index (κ3) is 7.41. The maximum Gasteiger partial charge on any atom is 0.0389 e. The molecule has 0 aliphatic rings. The van der Waals surface area contributed by atoms with Crippen LogP contribution in [0.15, 0.2) is 17.1 Å². The summed E-state index contributed by atoms with van der Waals surface area (Å²) in [6, 6.07) is 0. The number of unbranched alkanes of at least 4 members (excludes halogenated alkanes) is 1. The van der Waals surface area contributed by atoms with Gasteiger partial charge in [-0.2, -0.15) is 0 Å². The van der Waals surface area contributed by atoms with Crippen LogP contribution in [0.4, 0.5) is 0 Å². The van der Waals surface area contributed by atoms with Crippen LogP contribution < -0.4 is 0 Å². The van der Waals surface area contributed by atoms with Crippen molar-refractivity contribution in [2.45, 2.75) is 26.7 Å². The van der Waals surface area contributed by atoms with E-state index >= 15 is 0 Å². The van der Waals surface area contributed by atoms with Crippen LogP contribution in [-0.2, 0) is 0 Å². The lowest BCUT2D eigenvalue weighted by molar-refractivity contribution is 0.810. The summed E-state index contributed by atoms with van der Waals surface area (Å²) in [5, 5.41) is 0. The van der Waals surface area contributed by atoms with E-state index in [1.807, 2.05) is 13.1 Å². The smallest absolute Gasteiger partial charge is 0.0389 e. The molecule has 1 nitrogen and oxygen atoms in total. The van der Waals surface area contributed by atoms with Crippen molar-refractivity contribution in [3.8, 4) is 0 Å². The highest BCUT2D eigenvalue weighted by Crippen LogP contribution is 1.87. The van der Waals surface area contributed by atoms with Crippen LogP contribution in [-0.4, -0.2) is 12.8 Å². The lowest BCUT2D eigenvalue weighted by atomic mass is 10.3. The molecule has 0 N–H and O–H groups in total. The zero-order chi connectivity index (χ0) is 7.11. The Morgan fingerprint density at radius 3 is 2.78 bits per heavy atom. The maximum absolute atomic E-state index is 4.14. The van der Waals surface area contributed by atoms with E-state index in [2.05, 4.69) is 18.5 Å². The van der Waals surface area contributed by atoms with Gasteiger partial charge in [-0.05, 0) is 18.9 Å². The van der Waals surface area contributed by atoms with E-state index in [1.165, 1.54) is 12.8 Å². The van der Waals surface area contributed by atoms with Crippen LogP contribution in [0.25, 0.3) is 0 Å². The van der Waals surface area contributed by atoms with E-state index in [9.17, 15) is 0 Å². The first kappa shape index (κ1) is 8.41. The van der Waals surface area contributed by atoms with Gasteiger partial charge in [0.15, 0.2) is 0 Å². The Kier molecular flexibility index (Phi) is 5.18. The molecule has 0 saturated heterocycles. The SMILES string of the molecule is C=C(C)C=NCCCC. The molecule has 0 heterocycles. The van der Waals surface area contributed by atoms with Crippen LogP contribution in [0.2, 0.25) is 0 Å². The second kappa shape index (κ2) is 5.54. The van der Waals surface area contributed by atoms with Crippen LogP contribution in [0.5, 0.6) is 0 Å². The Hall–Kier alpha value is -0.590. The van der Waals surface area contributed by atoms with E-state index < -0.39 is 0 Å². The molecule has 0 rings (SSSR count). The highest BCUT2D eigenvalue weighted by Gasteiger charge is 1.77. The minimum atomic E-state index is 0.948. The van der Waals surface area contributed by atoms with E-state index in [4.69, 9.17) is 0 Å². The molecule has 0 saturated carbocycles. The van der Waals surface area contributed by atoms with Crippen LogP contribution >= 0.6 is 0 Å². The van der Waals surface area contributed by atoms with Gasteiger partial charge in [-0.25, -0.2) is 0 Å². The monoisotopic (exact) mass is 125 g/mol. The van der Waals surface area contributed by atoms with Crippen molar-refractivity contribution in [3.05, 3.63) is 12.2 Å². The molecule has 0 aliphatic carbocycles. The van der Waals surface area contributed by atoms with Crippen molar-refractivity contribution in [2.24, 2.45) is 4.99 Å². The fraction of sp³-hybridized carbons (Fsp3) is 0.625. The Morgan fingerprint density at radius 1 is 1.67 bits per heavy atom. The maximum atomic E-state index is 4.14. The quantitative estimate of drug-likeness (QED) is 0.404. The molecule has 0 radical (unpaired) electrons. The largest absolute Gasteiger partial charge is 0.293 e. The van der Waals surface area contributed by atoms with Crippen LogP contribution in [0.1, 0.15) is 26.7 Å². The Balaban J connectivity index is 3.15. The van der Waals surface area contributed by atoms with Gasteiger partial charge in [-0.15, -0.1) is 0 Å². The number of nitrogens with zero attached hydrogens (tertiary/aromatic N) is 1. The van der Waals surface area contributed by atoms with Gasteiger partial charge >= 0.3 is 0 Å². The van der Waals surface area contributed by atoms with Gasteiger partial charge in [-0.1, -0.05) is 19.9 Å². The average Bonchev–Trinajstić information content (AvgIpc) is 1.80. The van der Waals surface area contributed by atoms with Crippen molar-refractivity contribution >= 4 is 6.21 Å². The van der Waals surface area contributed by atoms with Crippen molar-refractivity contribution in [1.29, 1.82) is 0 Å². The molecule has 0 aromatic heterocycles. The number of rotatable bonds is 4. The van der Waals surface area contributed by atoms with Crippen molar-refractivity contribution < 1.29 is 0 Å². The second-order valence-corrected chi connectivity index (χ2v) is 2.24. The molecule has 0 unspecified atom stereocenters. The topological polar surface area (TPSA) is 12.4 Å². The zero-order valence-corrected chi connectivity index (χ0v) is 6.35. The molecule has 0 fully saturated rings. The van der Waals surface area contributed by atoms with Gasteiger partial charge in [0.25, 0.3) is 0 Å². The lowest BCUT2D eigenvalue weighted by Gasteiger charge is -1.88.